The van der Waals surface area contributed by atoms with Crippen LogP contribution in [0.3, 0.4) is 0 Å². The number of hydrogen-bond acceptors (Lipinski definition) is 4. The molecule has 1 aliphatic rings. The molecule has 2 aromatic rings. The molecular weight excluding hydrogens is 274 g/mol. The van der Waals surface area contributed by atoms with Crippen LogP contribution < -0.4 is 0 Å². The minimum absolute atomic E-state index is 0.221. The summed E-state index contributed by atoms with van der Waals surface area (Å²) < 4.78 is 5.56. The number of rotatable bonds is 4. The first kappa shape index (κ1) is 13.3. The van der Waals surface area contributed by atoms with E-state index in [1.54, 1.807) is 18.4 Å². The summed E-state index contributed by atoms with van der Waals surface area (Å²) in [4.78, 5) is 16.9. The van der Waals surface area contributed by atoms with Gasteiger partial charge in [-0.3, -0.25) is 4.79 Å². The number of carboxylic acid groups (broad SMARTS) is 1. The summed E-state index contributed by atoms with van der Waals surface area (Å²) in [7, 11) is 1.65. The molecule has 1 heterocycles. The average molecular weight is 289 g/mol. The van der Waals surface area contributed by atoms with E-state index in [4.69, 9.17) is 4.74 Å². The SMILES string of the molecule is COC(c1ccccc1)c1nc2c(s1)CCC2C(=O)O. The number of thiazole rings is 1. The number of carboxylic acids is 1. The molecule has 3 rings (SSSR count). The van der Waals surface area contributed by atoms with Gasteiger partial charge in [-0.2, -0.15) is 0 Å². The molecule has 0 radical (unpaired) electrons. The highest BCUT2D eigenvalue weighted by Gasteiger charge is 2.33. The molecule has 1 N–H and O–H groups in total. The topological polar surface area (TPSA) is 59.4 Å². The zero-order valence-corrected chi connectivity index (χ0v) is 11.9. The second-order valence-corrected chi connectivity index (χ2v) is 5.93. The summed E-state index contributed by atoms with van der Waals surface area (Å²) in [6.07, 6.45) is 1.24. The Morgan fingerprint density at radius 2 is 2.20 bits per heavy atom. The van der Waals surface area contributed by atoms with Crippen LogP contribution in [0, 0.1) is 0 Å². The Bertz CT molecular complexity index is 623. The zero-order chi connectivity index (χ0) is 14.1. The van der Waals surface area contributed by atoms with Gasteiger partial charge >= 0.3 is 5.97 Å². The maximum absolute atomic E-state index is 11.2. The van der Waals surface area contributed by atoms with E-state index >= 15 is 0 Å². The molecule has 0 saturated heterocycles. The van der Waals surface area contributed by atoms with Crippen LogP contribution in [0.4, 0.5) is 0 Å². The molecule has 0 fully saturated rings. The molecule has 1 aliphatic carbocycles. The van der Waals surface area contributed by atoms with Crippen molar-refractivity contribution in [2.45, 2.75) is 24.9 Å². The second kappa shape index (κ2) is 5.34. The summed E-state index contributed by atoms with van der Waals surface area (Å²) >= 11 is 1.57. The number of nitrogens with zero attached hydrogens (tertiary/aromatic N) is 1. The monoisotopic (exact) mass is 289 g/mol. The molecule has 1 aromatic heterocycles. The molecule has 0 bridgehead atoms. The van der Waals surface area contributed by atoms with Gasteiger partial charge in [0.25, 0.3) is 0 Å². The molecular formula is C15H15NO3S. The fourth-order valence-electron chi connectivity index (χ4n) is 2.61. The molecule has 2 atom stereocenters. The number of fused-ring (bicyclic) bond motifs is 1. The number of ether oxygens (including phenoxy) is 1. The summed E-state index contributed by atoms with van der Waals surface area (Å²) in [5.41, 5.74) is 1.77. The van der Waals surface area contributed by atoms with E-state index in [0.717, 1.165) is 27.6 Å². The third-order valence-electron chi connectivity index (χ3n) is 3.59. The lowest BCUT2D eigenvalue weighted by Gasteiger charge is -2.13. The lowest BCUT2D eigenvalue weighted by atomic mass is 10.1. The quantitative estimate of drug-likeness (QED) is 0.940. The molecule has 0 spiro atoms. The van der Waals surface area contributed by atoms with Crippen LogP contribution in [0.1, 0.15) is 39.6 Å². The molecule has 104 valence electrons. The minimum Gasteiger partial charge on any atom is -0.481 e. The fourth-order valence-corrected chi connectivity index (χ4v) is 3.85. The van der Waals surface area contributed by atoms with Crippen molar-refractivity contribution in [3.63, 3.8) is 0 Å². The first-order valence-electron chi connectivity index (χ1n) is 6.50. The maximum atomic E-state index is 11.2. The number of methoxy groups -OCH3 is 1. The fraction of sp³-hybridized carbons (Fsp3) is 0.333. The molecule has 0 amide bonds. The Morgan fingerprint density at radius 3 is 2.85 bits per heavy atom. The Morgan fingerprint density at radius 1 is 1.45 bits per heavy atom. The van der Waals surface area contributed by atoms with E-state index in [0.29, 0.717) is 6.42 Å². The average Bonchev–Trinajstić information content (AvgIpc) is 3.00. The van der Waals surface area contributed by atoms with E-state index in [1.807, 2.05) is 30.3 Å². The van der Waals surface area contributed by atoms with Crippen molar-refractivity contribution in [2.75, 3.05) is 7.11 Å². The van der Waals surface area contributed by atoms with Gasteiger partial charge in [0.2, 0.25) is 0 Å². The van der Waals surface area contributed by atoms with Gasteiger partial charge in [-0.15, -0.1) is 11.3 Å². The van der Waals surface area contributed by atoms with Crippen molar-refractivity contribution in [3.05, 3.63) is 51.5 Å². The van der Waals surface area contributed by atoms with Gasteiger partial charge in [0.1, 0.15) is 17.0 Å². The van der Waals surface area contributed by atoms with Crippen LogP contribution in [-0.4, -0.2) is 23.2 Å². The Kier molecular flexibility index (Phi) is 3.54. The van der Waals surface area contributed by atoms with Gasteiger partial charge in [0.15, 0.2) is 0 Å². The highest BCUT2D eigenvalue weighted by Crippen LogP contribution is 2.40. The van der Waals surface area contributed by atoms with Crippen molar-refractivity contribution >= 4 is 17.3 Å². The van der Waals surface area contributed by atoms with Crippen LogP contribution in [0.15, 0.2) is 30.3 Å². The number of hydrogen-bond donors (Lipinski definition) is 1. The lowest BCUT2D eigenvalue weighted by Crippen LogP contribution is -2.10. The van der Waals surface area contributed by atoms with Crippen molar-refractivity contribution in [3.8, 4) is 0 Å². The normalized spacial score (nSPS) is 18.8. The number of aryl methyl sites for hydroxylation is 1. The van der Waals surface area contributed by atoms with E-state index in [2.05, 4.69) is 4.98 Å². The van der Waals surface area contributed by atoms with Crippen LogP contribution in [-0.2, 0) is 16.0 Å². The number of carbonyl (C=O) groups is 1. The Hall–Kier alpha value is -1.72. The van der Waals surface area contributed by atoms with Gasteiger partial charge in [-0.25, -0.2) is 4.98 Å². The first-order chi connectivity index (χ1) is 9.70. The zero-order valence-electron chi connectivity index (χ0n) is 11.1. The smallest absolute Gasteiger partial charge is 0.312 e. The predicted octanol–water partition coefficient (Wildman–Crippen LogP) is 2.99. The molecule has 5 heteroatoms. The summed E-state index contributed by atoms with van der Waals surface area (Å²) in [5.74, 6) is -1.24. The van der Waals surface area contributed by atoms with Crippen LogP contribution in [0.2, 0.25) is 0 Å². The summed E-state index contributed by atoms with van der Waals surface area (Å²) in [6.45, 7) is 0. The lowest BCUT2D eigenvalue weighted by molar-refractivity contribution is -0.138. The van der Waals surface area contributed by atoms with Gasteiger partial charge in [0, 0.05) is 12.0 Å². The highest BCUT2D eigenvalue weighted by molar-refractivity contribution is 7.11. The van der Waals surface area contributed by atoms with Crippen LogP contribution in [0.5, 0.6) is 0 Å². The standard InChI is InChI=1S/C15H15NO3S/c1-19-13(9-5-3-2-4-6-9)14-16-12-10(15(17)18)7-8-11(12)20-14/h2-6,10,13H,7-8H2,1H3,(H,17,18). The Balaban J connectivity index is 1.95. The molecule has 0 saturated carbocycles. The molecule has 2 unspecified atom stereocenters. The molecule has 20 heavy (non-hydrogen) atoms. The molecule has 1 aromatic carbocycles. The number of benzene rings is 1. The highest BCUT2D eigenvalue weighted by atomic mass is 32.1. The predicted molar refractivity (Wildman–Crippen MR) is 76.1 cm³/mol. The number of aliphatic carboxylic acids is 1. The van der Waals surface area contributed by atoms with E-state index in [1.165, 1.54) is 0 Å². The van der Waals surface area contributed by atoms with E-state index in [-0.39, 0.29) is 6.10 Å². The van der Waals surface area contributed by atoms with Crippen LogP contribution in [0.25, 0.3) is 0 Å². The molecule has 0 aliphatic heterocycles. The Labute approximate surface area is 121 Å². The first-order valence-corrected chi connectivity index (χ1v) is 7.32. The van der Waals surface area contributed by atoms with Gasteiger partial charge < -0.3 is 9.84 Å². The van der Waals surface area contributed by atoms with Gasteiger partial charge in [0.05, 0.1) is 5.69 Å². The minimum atomic E-state index is -0.783. The molecule has 4 nitrogen and oxygen atoms in total. The summed E-state index contributed by atoms with van der Waals surface area (Å²) in [5, 5.41) is 10.1. The van der Waals surface area contributed by atoms with Crippen molar-refractivity contribution in [1.82, 2.24) is 4.98 Å². The van der Waals surface area contributed by atoms with Crippen LogP contribution >= 0.6 is 11.3 Å². The third kappa shape index (κ3) is 2.23. The maximum Gasteiger partial charge on any atom is 0.312 e. The van der Waals surface area contributed by atoms with Crippen molar-refractivity contribution < 1.29 is 14.6 Å². The third-order valence-corrected chi connectivity index (χ3v) is 4.77. The van der Waals surface area contributed by atoms with E-state index in [9.17, 15) is 9.90 Å². The van der Waals surface area contributed by atoms with Crippen molar-refractivity contribution in [2.24, 2.45) is 0 Å². The van der Waals surface area contributed by atoms with Gasteiger partial charge in [-0.05, 0) is 18.4 Å². The van der Waals surface area contributed by atoms with E-state index < -0.39 is 11.9 Å². The van der Waals surface area contributed by atoms with Gasteiger partial charge in [-0.1, -0.05) is 30.3 Å². The largest absolute Gasteiger partial charge is 0.481 e. The van der Waals surface area contributed by atoms with Crippen molar-refractivity contribution in [1.29, 1.82) is 0 Å². The summed E-state index contributed by atoms with van der Waals surface area (Å²) in [6, 6.07) is 9.87. The number of aromatic nitrogens is 1. The second-order valence-electron chi connectivity index (χ2n) is 4.82.